The van der Waals surface area contributed by atoms with Crippen LogP contribution in [0.15, 0.2) is 24.3 Å². The predicted octanol–water partition coefficient (Wildman–Crippen LogP) is 3.82. The Kier molecular flexibility index (Phi) is 6.02. The van der Waals surface area contributed by atoms with Gasteiger partial charge in [0, 0.05) is 19.5 Å². The molecule has 0 spiro atoms. The van der Waals surface area contributed by atoms with Gasteiger partial charge in [0.15, 0.2) is 0 Å². The van der Waals surface area contributed by atoms with Crippen molar-refractivity contribution in [1.29, 1.82) is 0 Å². The number of aliphatic carboxylic acids is 1. The Balaban J connectivity index is 2.00. The van der Waals surface area contributed by atoms with Crippen LogP contribution in [0.4, 0.5) is 17.6 Å². The summed E-state index contributed by atoms with van der Waals surface area (Å²) in [4.78, 5) is 24.2. The first-order valence-electron chi connectivity index (χ1n) is 8.00. The predicted molar refractivity (Wildman–Crippen MR) is 81.5 cm³/mol. The molecule has 2 rings (SSSR count). The van der Waals surface area contributed by atoms with E-state index in [1.807, 2.05) is 0 Å². The van der Waals surface area contributed by atoms with E-state index in [-0.39, 0.29) is 24.4 Å². The Morgan fingerprint density at radius 2 is 1.88 bits per heavy atom. The number of halogens is 4. The van der Waals surface area contributed by atoms with Gasteiger partial charge in [0.25, 0.3) is 5.91 Å². The number of nitrogens with zero attached hydrogens (tertiary/aromatic N) is 1. The van der Waals surface area contributed by atoms with Crippen molar-refractivity contribution in [3.63, 3.8) is 0 Å². The number of piperidine rings is 1. The fraction of sp³-hybridized carbons (Fsp3) is 0.529. The minimum atomic E-state index is -4.52. The normalized spacial score (nSPS) is 19.5. The molecule has 25 heavy (non-hydrogen) atoms. The molecule has 0 aromatic heterocycles. The number of likely N-dealkylation sites (tertiary alicyclic amines) is 1. The van der Waals surface area contributed by atoms with Gasteiger partial charge in [0.2, 0.25) is 6.17 Å². The van der Waals surface area contributed by atoms with E-state index in [0.29, 0.717) is 19.4 Å². The summed E-state index contributed by atoms with van der Waals surface area (Å²) in [5.41, 5.74) is -1.02. The molecule has 1 saturated heterocycles. The zero-order valence-electron chi connectivity index (χ0n) is 13.4. The van der Waals surface area contributed by atoms with Gasteiger partial charge in [0.1, 0.15) is 0 Å². The summed E-state index contributed by atoms with van der Waals surface area (Å²) >= 11 is 0. The maximum Gasteiger partial charge on any atom is 0.416 e. The lowest BCUT2D eigenvalue weighted by molar-refractivity contribution is -0.139. The maximum atomic E-state index is 14.4. The molecule has 0 saturated carbocycles. The van der Waals surface area contributed by atoms with Crippen LogP contribution >= 0.6 is 0 Å². The van der Waals surface area contributed by atoms with E-state index in [9.17, 15) is 27.2 Å². The molecule has 2 atom stereocenters. The van der Waals surface area contributed by atoms with Crippen molar-refractivity contribution in [3.8, 4) is 0 Å². The molecule has 4 nitrogen and oxygen atoms in total. The summed E-state index contributed by atoms with van der Waals surface area (Å²) in [6, 6.07) is 3.44. The first kappa shape index (κ1) is 19.2. The molecule has 8 heteroatoms. The van der Waals surface area contributed by atoms with Crippen LogP contribution in [0, 0.1) is 5.92 Å². The van der Waals surface area contributed by atoms with Gasteiger partial charge in [-0.2, -0.15) is 13.2 Å². The van der Waals surface area contributed by atoms with E-state index in [1.54, 1.807) is 0 Å². The summed E-state index contributed by atoms with van der Waals surface area (Å²) in [5.74, 6) is -1.72. The average molecular weight is 361 g/mol. The summed E-state index contributed by atoms with van der Waals surface area (Å²) in [6.07, 6.45) is -4.72. The van der Waals surface area contributed by atoms with Crippen molar-refractivity contribution in [2.75, 3.05) is 13.1 Å². The number of carboxylic acids is 1. The minimum Gasteiger partial charge on any atom is -0.481 e. The summed E-state index contributed by atoms with van der Waals surface area (Å²) in [7, 11) is 0. The fourth-order valence-corrected chi connectivity index (χ4v) is 2.97. The topological polar surface area (TPSA) is 57.6 Å². The van der Waals surface area contributed by atoms with Crippen LogP contribution < -0.4 is 0 Å². The molecule has 138 valence electrons. The van der Waals surface area contributed by atoms with E-state index in [0.717, 1.165) is 30.7 Å². The second-order valence-electron chi connectivity index (χ2n) is 6.21. The number of carbonyl (C=O) groups excluding carboxylic acids is 1. The third-order valence-electron chi connectivity index (χ3n) is 4.34. The van der Waals surface area contributed by atoms with Crippen LogP contribution in [0.5, 0.6) is 0 Å². The standard InChI is InChI=1S/C17H19F4NO3/c18-15(12-4-6-13(7-5-12)17(19,20)21)16(25)22-9-1-2-11(10-22)3-8-14(23)24/h4-7,11,15H,1-3,8-10H2,(H,23,24). The number of hydrogen-bond acceptors (Lipinski definition) is 2. The SMILES string of the molecule is O=C(O)CCC1CCCN(C(=O)C(F)c2ccc(C(F)(F)F)cc2)C1. The third kappa shape index (κ3) is 5.17. The van der Waals surface area contributed by atoms with Crippen molar-refractivity contribution >= 4 is 11.9 Å². The van der Waals surface area contributed by atoms with Crippen molar-refractivity contribution < 1.29 is 32.3 Å². The zero-order chi connectivity index (χ0) is 18.6. The molecule has 1 aromatic carbocycles. The highest BCUT2D eigenvalue weighted by atomic mass is 19.4. The van der Waals surface area contributed by atoms with Crippen LogP contribution in [0.1, 0.15) is 43.0 Å². The molecular formula is C17H19F4NO3. The van der Waals surface area contributed by atoms with Crippen molar-refractivity contribution in [3.05, 3.63) is 35.4 Å². The van der Waals surface area contributed by atoms with E-state index in [2.05, 4.69) is 0 Å². The third-order valence-corrected chi connectivity index (χ3v) is 4.34. The molecule has 1 aliphatic heterocycles. The van der Waals surface area contributed by atoms with Gasteiger partial charge in [-0.05, 0) is 42.9 Å². The number of hydrogen-bond donors (Lipinski definition) is 1. The first-order valence-corrected chi connectivity index (χ1v) is 8.00. The Morgan fingerprint density at radius 3 is 2.44 bits per heavy atom. The maximum absolute atomic E-state index is 14.4. The van der Waals surface area contributed by atoms with Gasteiger partial charge in [-0.25, -0.2) is 4.39 Å². The minimum absolute atomic E-state index is 0.00592. The molecule has 0 bridgehead atoms. The lowest BCUT2D eigenvalue weighted by atomic mass is 9.93. The Morgan fingerprint density at radius 1 is 1.24 bits per heavy atom. The highest BCUT2D eigenvalue weighted by Crippen LogP contribution is 2.31. The molecule has 2 unspecified atom stereocenters. The van der Waals surface area contributed by atoms with E-state index in [1.165, 1.54) is 4.90 Å². The summed E-state index contributed by atoms with van der Waals surface area (Å²) in [5, 5.41) is 8.72. The fourth-order valence-electron chi connectivity index (χ4n) is 2.97. The second-order valence-corrected chi connectivity index (χ2v) is 6.21. The Bertz CT molecular complexity index is 615. The van der Waals surface area contributed by atoms with Gasteiger partial charge in [0.05, 0.1) is 5.56 Å². The van der Waals surface area contributed by atoms with Crippen molar-refractivity contribution in [2.45, 2.75) is 38.0 Å². The molecule has 0 aliphatic carbocycles. The summed E-state index contributed by atoms with van der Waals surface area (Å²) in [6.45, 7) is 0.636. The number of carbonyl (C=O) groups is 2. The number of carboxylic acid groups (broad SMARTS) is 1. The monoisotopic (exact) mass is 361 g/mol. The molecule has 1 aromatic rings. The van der Waals surface area contributed by atoms with Gasteiger partial charge in [-0.1, -0.05) is 12.1 Å². The summed E-state index contributed by atoms with van der Waals surface area (Å²) < 4.78 is 52.0. The largest absolute Gasteiger partial charge is 0.481 e. The quantitative estimate of drug-likeness (QED) is 0.811. The van der Waals surface area contributed by atoms with E-state index < -0.39 is 29.8 Å². The number of amides is 1. The molecule has 0 radical (unpaired) electrons. The molecular weight excluding hydrogens is 342 g/mol. The zero-order valence-corrected chi connectivity index (χ0v) is 13.4. The Labute approximate surface area is 142 Å². The number of benzene rings is 1. The molecule has 1 heterocycles. The van der Waals surface area contributed by atoms with Gasteiger partial charge >= 0.3 is 12.1 Å². The molecule has 1 fully saturated rings. The highest BCUT2D eigenvalue weighted by molar-refractivity contribution is 5.82. The highest BCUT2D eigenvalue weighted by Gasteiger charge is 2.32. The average Bonchev–Trinajstić information content (AvgIpc) is 2.58. The van der Waals surface area contributed by atoms with Gasteiger partial charge in [-0.15, -0.1) is 0 Å². The van der Waals surface area contributed by atoms with E-state index in [4.69, 9.17) is 5.11 Å². The van der Waals surface area contributed by atoms with Crippen LogP contribution in [-0.4, -0.2) is 35.0 Å². The van der Waals surface area contributed by atoms with Gasteiger partial charge in [-0.3, -0.25) is 9.59 Å². The van der Waals surface area contributed by atoms with Crippen molar-refractivity contribution in [2.24, 2.45) is 5.92 Å². The molecule has 1 aliphatic rings. The lowest BCUT2D eigenvalue weighted by Gasteiger charge is -2.33. The van der Waals surface area contributed by atoms with Crippen molar-refractivity contribution in [1.82, 2.24) is 4.90 Å². The van der Waals surface area contributed by atoms with Gasteiger partial charge < -0.3 is 10.0 Å². The number of rotatable bonds is 5. The van der Waals surface area contributed by atoms with Crippen LogP contribution in [0.2, 0.25) is 0 Å². The molecule has 1 N–H and O–H groups in total. The lowest BCUT2D eigenvalue weighted by Crippen LogP contribution is -2.41. The smallest absolute Gasteiger partial charge is 0.416 e. The number of alkyl halides is 4. The second kappa shape index (κ2) is 7.84. The van der Waals surface area contributed by atoms with Crippen LogP contribution in [0.25, 0.3) is 0 Å². The van der Waals surface area contributed by atoms with Crippen LogP contribution in [-0.2, 0) is 15.8 Å². The van der Waals surface area contributed by atoms with Crippen LogP contribution in [0.3, 0.4) is 0 Å². The molecule has 1 amide bonds. The first-order chi connectivity index (χ1) is 11.7. The Hall–Kier alpha value is -2.12. The van der Waals surface area contributed by atoms with E-state index >= 15 is 0 Å².